The van der Waals surface area contributed by atoms with E-state index in [0.29, 0.717) is 31.1 Å². The lowest BCUT2D eigenvalue weighted by molar-refractivity contribution is -0.119. The Labute approximate surface area is 209 Å². The standard InChI is InChI=1S/C25H28BrN3O4S/c1-3-33-23-13-11-22(12-14-23)29(34(31,32)24-15-9-20(26)10-16-24)19-25(30)27-17-18-28(2)21-7-5-4-6-8-21/h4-16H,3,17-19H2,1-2H3,(H,27,30). The first kappa shape index (κ1) is 25.6. The van der Waals surface area contributed by atoms with Gasteiger partial charge in [0.25, 0.3) is 10.0 Å². The number of para-hydroxylation sites is 1. The van der Waals surface area contributed by atoms with Gasteiger partial charge in [0.05, 0.1) is 17.2 Å². The predicted octanol–water partition coefficient (Wildman–Crippen LogP) is 4.30. The number of halogens is 1. The zero-order valence-electron chi connectivity index (χ0n) is 19.1. The molecule has 0 saturated carbocycles. The number of hydrogen-bond donors (Lipinski definition) is 1. The third kappa shape index (κ3) is 6.74. The molecule has 1 amide bonds. The van der Waals surface area contributed by atoms with E-state index >= 15 is 0 Å². The number of benzene rings is 3. The quantitative estimate of drug-likeness (QED) is 0.388. The average molecular weight is 546 g/mol. The second kappa shape index (κ2) is 11.9. The predicted molar refractivity (Wildman–Crippen MR) is 139 cm³/mol. The molecule has 0 radical (unpaired) electrons. The van der Waals surface area contributed by atoms with Crippen molar-refractivity contribution in [3.8, 4) is 5.75 Å². The molecular formula is C25H28BrN3O4S. The van der Waals surface area contributed by atoms with Crippen LogP contribution in [0.15, 0.2) is 88.2 Å². The van der Waals surface area contributed by atoms with Gasteiger partial charge in [-0.1, -0.05) is 34.1 Å². The first-order valence-electron chi connectivity index (χ1n) is 10.9. The van der Waals surface area contributed by atoms with Crippen molar-refractivity contribution in [3.63, 3.8) is 0 Å². The van der Waals surface area contributed by atoms with Crippen molar-refractivity contribution in [2.75, 3.05) is 42.5 Å². The van der Waals surface area contributed by atoms with Gasteiger partial charge in [-0.2, -0.15) is 0 Å². The number of sulfonamides is 1. The van der Waals surface area contributed by atoms with Crippen molar-refractivity contribution < 1.29 is 17.9 Å². The van der Waals surface area contributed by atoms with Gasteiger partial charge in [-0.25, -0.2) is 8.42 Å². The van der Waals surface area contributed by atoms with Crippen LogP contribution in [-0.4, -0.2) is 47.6 Å². The molecule has 3 aromatic rings. The molecule has 0 atom stereocenters. The Balaban J connectivity index is 1.75. The number of anilines is 2. The topological polar surface area (TPSA) is 79.0 Å². The van der Waals surface area contributed by atoms with E-state index in [1.54, 1.807) is 36.4 Å². The number of hydrogen-bond acceptors (Lipinski definition) is 5. The summed E-state index contributed by atoms with van der Waals surface area (Å²) in [6.45, 7) is 2.98. The van der Waals surface area contributed by atoms with Gasteiger partial charge >= 0.3 is 0 Å². The molecule has 9 heteroatoms. The summed E-state index contributed by atoms with van der Waals surface area (Å²) in [5, 5.41) is 2.83. The third-order valence-electron chi connectivity index (χ3n) is 5.09. The fraction of sp³-hybridized carbons (Fsp3) is 0.240. The summed E-state index contributed by atoms with van der Waals surface area (Å²) in [4.78, 5) is 14.9. The second-order valence-electron chi connectivity index (χ2n) is 7.50. The van der Waals surface area contributed by atoms with Crippen LogP contribution >= 0.6 is 15.9 Å². The average Bonchev–Trinajstić information content (AvgIpc) is 2.84. The normalized spacial score (nSPS) is 11.0. The molecular weight excluding hydrogens is 518 g/mol. The summed E-state index contributed by atoms with van der Waals surface area (Å²) >= 11 is 3.32. The largest absolute Gasteiger partial charge is 0.494 e. The van der Waals surface area contributed by atoms with Crippen LogP contribution in [0.5, 0.6) is 5.75 Å². The zero-order chi connectivity index (χ0) is 24.6. The molecule has 0 bridgehead atoms. The molecule has 0 unspecified atom stereocenters. The van der Waals surface area contributed by atoms with Gasteiger partial charge in [0.1, 0.15) is 12.3 Å². The fourth-order valence-corrected chi connectivity index (χ4v) is 4.97. The Morgan fingerprint density at radius 1 is 0.941 bits per heavy atom. The first-order valence-corrected chi connectivity index (χ1v) is 13.1. The summed E-state index contributed by atoms with van der Waals surface area (Å²) in [6, 6.07) is 22.8. The van der Waals surface area contributed by atoms with Crippen molar-refractivity contribution in [3.05, 3.63) is 83.3 Å². The number of carbonyl (C=O) groups excluding carboxylic acids is 1. The molecule has 0 heterocycles. The number of rotatable bonds is 11. The number of amides is 1. The molecule has 3 aromatic carbocycles. The highest BCUT2D eigenvalue weighted by atomic mass is 79.9. The lowest BCUT2D eigenvalue weighted by Gasteiger charge is -2.25. The fourth-order valence-electron chi connectivity index (χ4n) is 3.29. The van der Waals surface area contributed by atoms with E-state index in [4.69, 9.17) is 4.74 Å². The molecule has 3 rings (SSSR count). The molecule has 180 valence electrons. The van der Waals surface area contributed by atoms with E-state index in [1.807, 2.05) is 49.2 Å². The maximum atomic E-state index is 13.4. The van der Waals surface area contributed by atoms with E-state index in [2.05, 4.69) is 21.2 Å². The molecule has 0 fully saturated rings. The van der Waals surface area contributed by atoms with Crippen LogP contribution in [0.25, 0.3) is 0 Å². The van der Waals surface area contributed by atoms with Crippen LogP contribution in [0.3, 0.4) is 0 Å². The summed E-state index contributed by atoms with van der Waals surface area (Å²) in [6.07, 6.45) is 0. The molecule has 0 saturated heterocycles. The van der Waals surface area contributed by atoms with Crippen LogP contribution in [0.2, 0.25) is 0 Å². The minimum absolute atomic E-state index is 0.0983. The van der Waals surface area contributed by atoms with Crippen molar-refractivity contribution in [1.82, 2.24) is 5.32 Å². The number of likely N-dealkylation sites (N-methyl/N-ethyl adjacent to an activating group) is 1. The van der Waals surface area contributed by atoms with E-state index in [0.717, 1.165) is 14.5 Å². The van der Waals surface area contributed by atoms with E-state index in [-0.39, 0.29) is 11.4 Å². The van der Waals surface area contributed by atoms with Gasteiger partial charge in [0, 0.05) is 30.3 Å². The lowest BCUT2D eigenvalue weighted by Crippen LogP contribution is -2.42. The highest BCUT2D eigenvalue weighted by Gasteiger charge is 2.27. The van der Waals surface area contributed by atoms with Crippen LogP contribution in [0.4, 0.5) is 11.4 Å². The number of nitrogens with one attached hydrogen (secondary N) is 1. The van der Waals surface area contributed by atoms with Gasteiger partial charge in [-0.05, 0) is 67.6 Å². The Morgan fingerprint density at radius 2 is 1.59 bits per heavy atom. The second-order valence-corrected chi connectivity index (χ2v) is 10.3. The Hall–Kier alpha value is -3.04. The van der Waals surface area contributed by atoms with Crippen LogP contribution in [-0.2, 0) is 14.8 Å². The minimum atomic E-state index is -3.97. The number of carbonyl (C=O) groups is 1. The summed E-state index contributed by atoms with van der Waals surface area (Å²) < 4.78 is 34.2. The zero-order valence-corrected chi connectivity index (χ0v) is 21.6. The minimum Gasteiger partial charge on any atom is -0.494 e. The summed E-state index contributed by atoms with van der Waals surface area (Å²) in [5.41, 5.74) is 1.41. The highest BCUT2D eigenvalue weighted by molar-refractivity contribution is 9.10. The van der Waals surface area contributed by atoms with Crippen LogP contribution in [0.1, 0.15) is 6.92 Å². The molecule has 0 aliphatic rings. The molecule has 0 aliphatic heterocycles. The maximum Gasteiger partial charge on any atom is 0.264 e. The monoisotopic (exact) mass is 545 g/mol. The smallest absolute Gasteiger partial charge is 0.264 e. The number of nitrogens with zero attached hydrogens (tertiary/aromatic N) is 2. The Morgan fingerprint density at radius 3 is 2.21 bits per heavy atom. The van der Waals surface area contributed by atoms with Gasteiger partial charge < -0.3 is 15.0 Å². The molecule has 0 aromatic heterocycles. The highest BCUT2D eigenvalue weighted by Crippen LogP contribution is 2.26. The summed E-state index contributed by atoms with van der Waals surface area (Å²) in [7, 11) is -2.04. The van der Waals surface area contributed by atoms with E-state index in [1.165, 1.54) is 12.1 Å². The van der Waals surface area contributed by atoms with Gasteiger partial charge in [0.2, 0.25) is 5.91 Å². The molecule has 0 aliphatic carbocycles. The van der Waals surface area contributed by atoms with Crippen LogP contribution < -0.4 is 19.3 Å². The molecule has 1 N–H and O–H groups in total. The third-order valence-corrected chi connectivity index (χ3v) is 7.41. The van der Waals surface area contributed by atoms with Gasteiger partial charge in [0.15, 0.2) is 0 Å². The Kier molecular flexibility index (Phi) is 8.95. The van der Waals surface area contributed by atoms with Crippen molar-refractivity contribution in [2.45, 2.75) is 11.8 Å². The van der Waals surface area contributed by atoms with Crippen LogP contribution in [0, 0.1) is 0 Å². The molecule has 34 heavy (non-hydrogen) atoms. The summed E-state index contributed by atoms with van der Waals surface area (Å²) in [5.74, 6) is 0.233. The molecule has 7 nitrogen and oxygen atoms in total. The SMILES string of the molecule is CCOc1ccc(N(CC(=O)NCCN(C)c2ccccc2)S(=O)(=O)c2ccc(Br)cc2)cc1. The Bertz CT molecular complexity index is 1170. The lowest BCUT2D eigenvalue weighted by atomic mass is 10.3. The van der Waals surface area contributed by atoms with Crippen molar-refractivity contribution in [2.24, 2.45) is 0 Å². The maximum absolute atomic E-state index is 13.4. The first-order chi connectivity index (χ1) is 16.3. The number of ether oxygens (including phenoxy) is 1. The van der Waals surface area contributed by atoms with E-state index < -0.39 is 15.9 Å². The van der Waals surface area contributed by atoms with Crippen molar-refractivity contribution in [1.29, 1.82) is 0 Å². The van der Waals surface area contributed by atoms with Gasteiger partial charge in [-0.15, -0.1) is 0 Å². The van der Waals surface area contributed by atoms with Crippen molar-refractivity contribution >= 4 is 43.2 Å². The van der Waals surface area contributed by atoms with Gasteiger partial charge in [-0.3, -0.25) is 9.10 Å². The molecule has 0 spiro atoms. The van der Waals surface area contributed by atoms with E-state index in [9.17, 15) is 13.2 Å².